The maximum atomic E-state index is 12.9. The number of aromatic nitrogens is 2. The average Bonchev–Trinajstić information content (AvgIpc) is 3.60. The number of H-pyrrole nitrogens is 1. The summed E-state index contributed by atoms with van der Waals surface area (Å²) in [7, 11) is 1.61. The highest BCUT2D eigenvalue weighted by atomic mass is 32.1. The van der Waals surface area contributed by atoms with E-state index in [0.29, 0.717) is 52.1 Å². The number of fused-ring (bicyclic) bond motifs is 1. The first-order valence-corrected chi connectivity index (χ1v) is 10.9. The Morgan fingerprint density at radius 3 is 2.72 bits per heavy atom. The molecular weight excluding hydrogens is 428 g/mol. The van der Waals surface area contributed by atoms with Crippen molar-refractivity contribution in [1.82, 2.24) is 14.9 Å². The topological polar surface area (TPSA) is 105 Å². The van der Waals surface area contributed by atoms with Crippen LogP contribution < -0.4 is 16.2 Å². The number of methoxy groups -OCH3 is 1. The molecule has 0 radical (unpaired) electrons. The Morgan fingerprint density at radius 1 is 1.19 bits per heavy atom. The van der Waals surface area contributed by atoms with Crippen molar-refractivity contribution in [2.75, 3.05) is 19.0 Å². The highest BCUT2D eigenvalue weighted by Crippen LogP contribution is 2.22. The molecule has 1 aliphatic rings. The molecule has 1 fully saturated rings. The van der Waals surface area contributed by atoms with Gasteiger partial charge in [0.15, 0.2) is 4.77 Å². The lowest BCUT2D eigenvalue weighted by molar-refractivity contribution is 0.0952. The molecule has 0 atom stereocenters. The minimum absolute atomic E-state index is 0.208. The lowest BCUT2D eigenvalue weighted by atomic mass is 10.1. The quantitative estimate of drug-likeness (QED) is 0.359. The number of hydrogen-bond donors (Lipinski definition) is 3. The van der Waals surface area contributed by atoms with Crippen molar-refractivity contribution in [1.29, 1.82) is 0 Å². The minimum atomic E-state index is -0.387. The van der Waals surface area contributed by atoms with Crippen LogP contribution in [0.1, 0.15) is 40.0 Å². The van der Waals surface area contributed by atoms with Crippen molar-refractivity contribution >= 4 is 40.6 Å². The van der Waals surface area contributed by atoms with Crippen LogP contribution in [0.4, 0.5) is 5.69 Å². The van der Waals surface area contributed by atoms with Crippen LogP contribution in [0.15, 0.2) is 47.3 Å². The first-order chi connectivity index (χ1) is 15.5. The van der Waals surface area contributed by atoms with Crippen LogP contribution in [0.3, 0.4) is 0 Å². The van der Waals surface area contributed by atoms with Gasteiger partial charge >= 0.3 is 0 Å². The predicted octanol–water partition coefficient (Wildman–Crippen LogP) is 3.24. The Balaban J connectivity index is 1.58. The van der Waals surface area contributed by atoms with E-state index < -0.39 is 0 Å². The maximum Gasteiger partial charge on any atom is 0.262 e. The van der Waals surface area contributed by atoms with Crippen LogP contribution in [0.25, 0.3) is 10.9 Å². The molecule has 9 heteroatoms. The monoisotopic (exact) mass is 452 g/mol. The van der Waals surface area contributed by atoms with Crippen LogP contribution in [0.2, 0.25) is 0 Å². The zero-order valence-electron chi connectivity index (χ0n) is 17.6. The van der Waals surface area contributed by atoms with Gasteiger partial charge in [-0.1, -0.05) is 12.1 Å². The van der Waals surface area contributed by atoms with E-state index in [0.717, 1.165) is 12.8 Å². The Labute approximate surface area is 189 Å². The molecule has 0 saturated heterocycles. The zero-order chi connectivity index (χ0) is 22.7. The second kappa shape index (κ2) is 9.46. The van der Waals surface area contributed by atoms with Gasteiger partial charge in [0, 0.05) is 31.9 Å². The first-order valence-electron chi connectivity index (χ1n) is 10.4. The average molecular weight is 453 g/mol. The molecule has 3 N–H and O–H groups in total. The van der Waals surface area contributed by atoms with Gasteiger partial charge in [-0.2, -0.15) is 0 Å². The summed E-state index contributed by atoms with van der Waals surface area (Å²) in [5.74, 6) is -0.595. The van der Waals surface area contributed by atoms with Crippen LogP contribution in [-0.4, -0.2) is 41.1 Å². The Morgan fingerprint density at radius 2 is 1.97 bits per heavy atom. The second-order valence-corrected chi connectivity index (χ2v) is 8.13. The van der Waals surface area contributed by atoms with E-state index in [1.807, 2.05) is 0 Å². The number of hydrogen-bond acceptors (Lipinski definition) is 5. The van der Waals surface area contributed by atoms with Crippen LogP contribution in [-0.2, 0) is 11.3 Å². The van der Waals surface area contributed by atoms with Gasteiger partial charge in [0.25, 0.3) is 17.4 Å². The third-order valence-corrected chi connectivity index (χ3v) is 5.63. The smallest absolute Gasteiger partial charge is 0.262 e. The normalized spacial score (nSPS) is 13.2. The van der Waals surface area contributed by atoms with E-state index in [-0.39, 0.29) is 23.4 Å². The van der Waals surface area contributed by atoms with E-state index in [1.54, 1.807) is 49.6 Å². The Kier molecular flexibility index (Phi) is 6.48. The largest absolute Gasteiger partial charge is 0.385 e. The number of carbonyl (C=O) groups excluding carboxylic acids is 2. The van der Waals surface area contributed by atoms with Crippen molar-refractivity contribution in [3.05, 3.63) is 68.7 Å². The van der Waals surface area contributed by atoms with Gasteiger partial charge < -0.3 is 20.4 Å². The van der Waals surface area contributed by atoms with Crippen molar-refractivity contribution < 1.29 is 14.3 Å². The number of anilines is 1. The summed E-state index contributed by atoms with van der Waals surface area (Å²) in [6.07, 6.45) is 2.62. The Hall–Kier alpha value is -3.30. The molecule has 2 aromatic carbocycles. The predicted molar refractivity (Wildman–Crippen MR) is 125 cm³/mol. The summed E-state index contributed by atoms with van der Waals surface area (Å²) in [5, 5.41) is 6.18. The molecule has 0 aliphatic heterocycles. The molecule has 1 aliphatic carbocycles. The van der Waals surface area contributed by atoms with Crippen LogP contribution >= 0.6 is 12.2 Å². The zero-order valence-corrected chi connectivity index (χ0v) is 18.5. The maximum absolute atomic E-state index is 12.9. The van der Waals surface area contributed by atoms with Crippen LogP contribution in [0, 0.1) is 4.77 Å². The highest BCUT2D eigenvalue weighted by Gasteiger charge is 2.25. The number of nitrogens with zero attached hydrogens (tertiary/aromatic N) is 1. The number of aromatic amines is 1. The molecule has 166 valence electrons. The van der Waals surface area contributed by atoms with Gasteiger partial charge in [-0.3, -0.25) is 19.0 Å². The summed E-state index contributed by atoms with van der Waals surface area (Å²) < 4.78 is 6.82. The van der Waals surface area contributed by atoms with Gasteiger partial charge in [-0.05, 0) is 61.8 Å². The van der Waals surface area contributed by atoms with Gasteiger partial charge in [0.2, 0.25) is 0 Å². The summed E-state index contributed by atoms with van der Waals surface area (Å²) in [6.45, 7) is 0.971. The number of benzene rings is 2. The molecule has 32 heavy (non-hydrogen) atoms. The third kappa shape index (κ3) is 4.79. The van der Waals surface area contributed by atoms with Crippen molar-refractivity contribution in [2.24, 2.45) is 0 Å². The number of nitrogens with one attached hydrogen (secondary N) is 3. The standard InChI is InChI=1S/C23H24N4O4S/c1-31-12-4-11-27-22(30)17-10-7-14(13-19(17)26-23(27)32)20(28)25-18-6-3-2-5-16(18)21(29)24-15-8-9-15/h2-3,5-7,10,13,15H,4,8-9,11-12H2,1H3,(H,24,29)(H,25,28)(H,26,32). The summed E-state index contributed by atoms with van der Waals surface area (Å²) in [5.41, 5.74) is 1.45. The lowest BCUT2D eigenvalue weighted by Crippen LogP contribution is -2.27. The Bertz CT molecular complexity index is 1290. The molecule has 2 amide bonds. The number of amides is 2. The van der Waals surface area contributed by atoms with Crippen molar-refractivity contribution in [2.45, 2.75) is 31.8 Å². The molecule has 8 nitrogen and oxygen atoms in total. The van der Waals surface area contributed by atoms with E-state index in [4.69, 9.17) is 17.0 Å². The summed E-state index contributed by atoms with van der Waals surface area (Å²) in [6, 6.07) is 11.9. The summed E-state index contributed by atoms with van der Waals surface area (Å²) >= 11 is 5.34. The first kappa shape index (κ1) is 21.9. The van der Waals surface area contributed by atoms with Gasteiger partial charge in [0.05, 0.1) is 22.2 Å². The van der Waals surface area contributed by atoms with E-state index in [1.165, 1.54) is 4.57 Å². The fourth-order valence-electron chi connectivity index (χ4n) is 3.44. The number of para-hydroxylation sites is 1. The molecule has 4 rings (SSSR count). The minimum Gasteiger partial charge on any atom is -0.385 e. The summed E-state index contributed by atoms with van der Waals surface area (Å²) in [4.78, 5) is 41.2. The molecule has 1 heterocycles. The van der Waals surface area contributed by atoms with E-state index in [9.17, 15) is 14.4 Å². The molecule has 0 bridgehead atoms. The van der Waals surface area contributed by atoms with Crippen molar-refractivity contribution in [3.63, 3.8) is 0 Å². The van der Waals surface area contributed by atoms with E-state index >= 15 is 0 Å². The molecule has 0 unspecified atom stereocenters. The molecule has 1 saturated carbocycles. The lowest BCUT2D eigenvalue weighted by Gasteiger charge is -2.12. The third-order valence-electron chi connectivity index (χ3n) is 5.31. The molecule has 1 aromatic heterocycles. The van der Waals surface area contributed by atoms with Gasteiger partial charge in [0.1, 0.15) is 0 Å². The van der Waals surface area contributed by atoms with Crippen LogP contribution in [0.5, 0.6) is 0 Å². The fraction of sp³-hybridized carbons (Fsp3) is 0.304. The van der Waals surface area contributed by atoms with Gasteiger partial charge in [-0.25, -0.2) is 0 Å². The SMILES string of the molecule is COCCCn1c(=S)[nH]c2cc(C(=O)Nc3ccccc3C(=O)NC3CC3)ccc2c1=O. The van der Waals surface area contributed by atoms with Gasteiger partial charge in [-0.15, -0.1) is 0 Å². The number of carbonyl (C=O) groups is 2. The fourth-order valence-corrected chi connectivity index (χ4v) is 3.73. The van der Waals surface area contributed by atoms with E-state index in [2.05, 4.69) is 15.6 Å². The number of rotatable bonds is 8. The molecular formula is C23H24N4O4S. The molecule has 0 spiro atoms. The number of ether oxygens (including phenoxy) is 1. The highest BCUT2D eigenvalue weighted by molar-refractivity contribution is 7.71. The second-order valence-electron chi connectivity index (χ2n) is 7.74. The molecule has 3 aromatic rings. The van der Waals surface area contributed by atoms with Crippen molar-refractivity contribution in [3.8, 4) is 0 Å².